The molecular weight excluding hydrogens is 239 g/mol. The van der Waals surface area contributed by atoms with Gasteiger partial charge in [-0.05, 0) is 18.2 Å². The molecular formula is C9H6BrClO. The van der Waals surface area contributed by atoms with Crippen molar-refractivity contribution in [3.63, 3.8) is 0 Å². The Bertz CT molecular complexity index is 408. The zero-order valence-electron chi connectivity index (χ0n) is 6.18. The van der Waals surface area contributed by atoms with E-state index in [1.165, 1.54) is 0 Å². The van der Waals surface area contributed by atoms with Crippen LogP contribution in [0, 0.1) is 0 Å². The van der Waals surface area contributed by atoms with E-state index in [1.807, 2.05) is 18.2 Å². The maximum absolute atomic E-state index is 5.72. The van der Waals surface area contributed by atoms with Gasteiger partial charge in [0.25, 0.3) is 0 Å². The van der Waals surface area contributed by atoms with Gasteiger partial charge in [0.15, 0.2) is 0 Å². The summed E-state index contributed by atoms with van der Waals surface area (Å²) in [4.78, 5) is 0. The van der Waals surface area contributed by atoms with Crippen molar-refractivity contribution in [2.75, 3.05) is 0 Å². The molecule has 3 heteroatoms. The van der Waals surface area contributed by atoms with E-state index in [1.54, 1.807) is 6.26 Å². The molecule has 0 radical (unpaired) electrons. The second-order valence-corrected chi connectivity index (χ2v) is 3.72. The van der Waals surface area contributed by atoms with Crippen molar-refractivity contribution in [2.24, 2.45) is 0 Å². The highest BCUT2D eigenvalue weighted by molar-refractivity contribution is 9.10. The molecule has 0 aliphatic heterocycles. The number of alkyl halides is 1. The van der Waals surface area contributed by atoms with Gasteiger partial charge in [0.05, 0.1) is 12.1 Å². The topological polar surface area (TPSA) is 13.1 Å². The highest BCUT2D eigenvalue weighted by Crippen LogP contribution is 2.25. The van der Waals surface area contributed by atoms with Crippen LogP contribution < -0.4 is 0 Å². The van der Waals surface area contributed by atoms with Gasteiger partial charge >= 0.3 is 0 Å². The first-order valence-corrected chi connectivity index (χ1v) is 4.85. The lowest BCUT2D eigenvalue weighted by Gasteiger charge is -1.91. The lowest BCUT2D eigenvalue weighted by molar-refractivity contribution is 0.612. The Kier molecular flexibility index (Phi) is 2.11. The summed E-state index contributed by atoms with van der Waals surface area (Å²) in [5.74, 6) is 0.495. The minimum absolute atomic E-state index is 0.495. The molecule has 0 unspecified atom stereocenters. The Morgan fingerprint density at radius 1 is 1.42 bits per heavy atom. The Balaban J connectivity index is 2.73. The monoisotopic (exact) mass is 244 g/mol. The van der Waals surface area contributed by atoms with E-state index in [2.05, 4.69) is 15.9 Å². The second-order valence-electron chi connectivity index (χ2n) is 2.54. The summed E-state index contributed by atoms with van der Waals surface area (Å²) in [6.45, 7) is 0. The van der Waals surface area contributed by atoms with E-state index >= 15 is 0 Å². The molecule has 0 atom stereocenters. The van der Waals surface area contributed by atoms with E-state index in [-0.39, 0.29) is 0 Å². The molecule has 0 fully saturated rings. The molecule has 0 bridgehead atoms. The summed E-state index contributed by atoms with van der Waals surface area (Å²) in [5, 5.41) is 1.09. The molecule has 62 valence electrons. The summed E-state index contributed by atoms with van der Waals surface area (Å²) in [7, 11) is 0. The van der Waals surface area contributed by atoms with E-state index in [0.717, 1.165) is 21.0 Å². The molecule has 0 amide bonds. The van der Waals surface area contributed by atoms with E-state index < -0.39 is 0 Å². The fourth-order valence-corrected chi connectivity index (χ4v) is 1.71. The zero-order valence-corrected chi connectivity index (χ0v) is 8.52. The smallest absolute Gasteiger partial charge is 0.135 e. The van der Waals surface area contributed by atoms with Crippen LogP contribution in [0.1, 0.15) is 5.56 Å². The number of halogens is 2. The molecule has 0 aliphatic rings. The van der Waals surface area contributed by atoms with Crippen LogP contribution in [0.2, 0.25) is 0 Å². The van der Waals surface area contributed by atoms with Crippen molar-refractivity contribution in [1.29, 1.82) is 0 Å². The van der Waals surface area contributed by atoms with Gasteiger partial charge in [-0.1, -0.05) is 15.9 Å². The van der Waals surface area contributed by atoms with Crippen molar-refractivity contribution in [3.05, 3.63) is 34.5 Å². The van der Waals surface area contributed by atoms with Crippen LogP contribution in [0.4, 0.5) is 0 Å². The molecule has 0 saturated heterocycles. The fourth-order valence-electron chi connectivity index (χ4n) is 1.16. The van der Waals surface area contributed by atoms with Crippen LogP contribution >= 0.6 is 27.5 Å². The highest BCUT2D eigenvalue weighted by Gasteiger charge is 2.03. The van der Waals surface area contributed by atoms with Crippen LogP contribution in [-0.2, 0) is 5.88 Å². The van der Waals surface area contributed by atoms with Gasteiger partial charge in [-0.2, -0.15) is 0 Å². The lowest BCUT2D eigenvalue weighted by atomic mass is 10.2. The molecule has 12 heavy (non-hydrogen) atoms. The highest BCUT2D eigenvalue weighted by atomic mass is 79.9. The van der Waals surface area contributed by atoms with E-state index in [9.17, 15) is 0 Å². The third kappa shape index (κ3) is 1.25. The molecule has 1 heterocycles. The molecule has 1 aromatic carbocycles. The van der Waals surface area contributed by atoms with Crippen molar-refractivity contribution in [2.45, 2.75) is 5.88 Å². The quantitative estimate of drug-likeness (QED) is 0.694. The van der Waals surface area contributed by atoms with Gasteiger partial charge in [0.1, 0.15) is 5.58 Å². The minimum atomic E-state index is 0.495. The number of furan rings is 1. The van der Waals surface area contributed by atoms with Crippen LogP contribution in [0.5, 0.6) is 0 Å². The normalized spacial score (nSPS) is 10.8. The minimum Gasteiger partial charge on any atom is -0.464 e. The van der Waals surface area contributed by atoms with E-state index in [0.29, 0.717) is 5.88 Å². The van der Waals surface area contributed by atoms with Gasteiger partial charge in [-0.3, -0.25) is 0 Å². The Hall–Kier alpha value is -0.470. The van der Waals surface area contributed by atoms with Crippen molar-refractivity contribution in [3.8, 4) is 0 Å². The van der Waals surface area contributed by atoms with Gasteiger partial charge in [0.2, 0.25) is 0 Å². The first kappa shape index (κ1) is 8.14. The van der Waals surface area contributed by atoms with Gasteiger partial charge in [0, 0.05) is 15.4 Å². The maximum Gasteiger partial charge on any atom is 0.135 e. The average Bonchev–Trinajstić information content (AvgIpc) is 2.46. The third-order valence-corrected chi connectivity index (χ3v) is 2.54. The molecule has 1 nitrogen and oxygen atoms in total. The van der Waals surface area contributed by atoms with Crippen molar-refractivity contribution < 1.29 is 4.42 Å². The first-order chi connectivity index (χ1) is 5.81. The van der Waals surface area contributed by atoms with Crippen LogP contribution in [0.25, 0.3) is 11.0 Å². The number of rotatable bonds is 1. The van der Waals surface area contributed by atoms with Crippen molar-refractivity contribution >= 4 is 38.5 Å². The summed E-state index contributed by atoms with van der Waals surface area (Å²) in [6, 6.07) is 5.92. The molecule has 2 aromatic rings. The second kappa shape index (κ2) is 3.11. The average molecular weight is 246 g/mol. The van der Waals surface area contributed by atoms with E-state index in [4.69, 9.17) is 16.0 Å². The standard InChI is InChI=1S/C9H6BrClO/c10-7-1-2-8-6(4-11)5-12-9(8)3-7/h1-3,5H,4H2. The van der Waals surface area contributed by atoms with Crippen molar-refractivity contribution in [1.82, 2.24) is 0 Å². The lowest BCUT2D eigenvalue weighted by Crippen LogP contribution is -1.72. The first-order valence-electron chi connectivity index (χ1n) is 3.53. The maximum atomic E-state index is 5.72. The number of hydrogen-bond donors (Lipinski definition) is 0. The molecule has 0 aliphatic carbocycles. The van der Waals surface area contributed by atoms with Crippen LogP contribution in [-0.4, -0.2) is 0 Å². The number of fused-ring (bicyclic) bond motifs is 1. The van der Waals surface area contributed by atoms with Crippen LogP contribution in [0.15, 0.2) is 33.4 Å². The Morgan fingerprint density at radius 2 is 2.25 bits per heavy atom. The van der Waals surface area contributed by atoms with Crippen LogP contribution in [0.3, 0.4) is 0 Å². The SMILES string of the molecule is ClCc1coc2cc(Br)ccc12. The predicted molar refractivity (Wildman–Crippen MR) is 53.5 cm³/mol. The summed E-state index contributed by atoms with van der Waals surface area (Å²) in [6.07, 6.45) is 1.70. The fraction of sp³-hybridized carbons (Fsp3) is 0.111. The third-order valence-electron chi connectivity index (χ3n) is 1.76. The summed E-state index contributed by atoms with van der Waals surface area (Å²) in [5.41, 5.74) is 1.92. The summed E-state index contributed by atoms with van der Waals surface area (Å²) < 4.78 is 6.33. The van der Waals surface area contributed by atoms with Gasteiger partial charge in [-0.15, -0.1) is 11.6 Å². The molecule has 0 N–H and O–H groups in total. The largest absolute Gasteiger partial charge is 0.464 e. The Morgan fingerprint density at radius 3 is 3.00 bits per heavy atom. The van der Waals surface area contributed by atoms with Gasteiger partial charge in [-0.25, -0.2) is 0 Å². The molecule has 2 rings (SSSR count). The van der Waals surface area contributed by atoms with Gasteiger partial charge < -0.3 is 4.42 Å². The molecule has 1 aromatic heterocycles. The summed E-state index contributed by atoms with van der Waals surface area (Å²) >= 11 is 9.09. The Labute approximate surface area is 83.4 Å². The number of benzene rings is 1. The number of hydrogen-bond acceptors (Lipinski definition) is 1. The zero-order chi connectivity index (χ0) is 8.55. The molecule has 0 spiro atoms. The molecule has 0 saturated carbocycles. The predicted octanol–water partition coefficient (Wildman–Crippen LogP) is 3.93.